The Morgan fingerprint density at radius 2 is 1.43 bits per heavy atom. The number of hydrogen-bond acceptors (Lipinski definition) is 10. The topological polar surface area (TPSA) is 124 Å². The summed E-state index contributed by atoms with van der Waals surface area (Å²) in [6.07, 6.45) is -5.57. The number of hydrogen-bond donors (Lipinski definition) is 0. The highest BCUT2D eigenvalue weighted by molar-refractivity contribution is 5.41. The Morgan fingerprint density at radius 3 is 1.95 bits per heavy atom. The van der Waals surface area contributed by atoms with Crippen LogP contribution in [0.3, 0.4) is 0 Å². The molecule has 0 aromatic heterocycles. The van der Waals surface area contributed by atoms with Crippen molar-refractivity contribution in [2.24, 2.45) is 0 Å². The number of methoxy groups -OCH3 is 1. The Balaban J connectivity index is 3.01. The van der Waals surface area contributed by atoms with Crippen molar-refractivity contribution in [3.63, 3.8) is 0 Å². The summed E-state index contributed by atoms with van der Waals surface area (Å²) in [6, 6.07) is 0. The van der Waals surface area contributed by atoms with Crippen molar-refractivity contribution >= 4 is 25.9 Å². The zero-order valence-electron chi connectivity index (χ0n) is 11.0. The van der Waals surface area contributed by atoms with E-state index in [1.807, 2.05) is 0 Å². The quantitative estimate of drug-likeness (QED) is 0.335. The Kier molecular flexibility index (Phi) is 7.12. The summed E-state index contributed by atoms with van der Waals surface area (Å²) in [4.78, 5) is 42.0. The molecule has 0 bridgehead atoms. The molecule has 5 atom stereocenters. The van der Waals surface area contributed by atoms with Crippen LogP contribution in [-0.4, -0.2) is 70.3 Å². The molecule has 21 heavy (non-hydrogen) atoms. The van der Waals surface area contributed by atoms with E-state index in [2.05, 4.69) is 4.74 Å². The maximum atomic E-state index is 10.6. The van der Waals surface area contributed by atoms with Gasteiger partial charge in [-0.15, -0.1) is 0 Å². The minimum atomic E-state index is -1.18. The van der Waals surface area contributed by atoms with E-state index >= 15 is 0 Å². The third-order valence-corrected chi connectivity index (χ3v) is 2.79. The second kappa shape index (κ2) is 8.87. The van der Waals surface area contributed by atoms with E-state index in [-0.39, 0.29) is 32.5 Å². The van der Waals surface area contributed by atoms with Gasteiger partial charge in [0.2, 0.25) is 0 Å². The molecule has 0 radical (unpaired) electrons. The van der Waals surface area contributed by atoms with Crippen LogP contribution in [-0.2, 0) is 47.6 Å². The summed E-state index contributed by atoms with van der Waals surface area (Å²) in [5.74, 6) is 0. The smallest absolute Gasteiger partial charge is 0.293 e. The summed E-state index contributed by atoms with van der Waals surface area (Å²) in [5, 5.41) is 0. The highest BCUT2D eigenvalue weighted by Gasteiger charge is 2.51. The average Bonchev–Trinajstić information content (AvgIpc) is 2.49. The summed E-state index contributed by atoms with van der Waals surface area (Å²) in [6.45, 7) is 0.208. The molecule has 0 unspecified atom stereocenters. The van der Waals surface area contributed by atoms with Crippen molar-refractivity contribution in [1.29, 1.82) is 0 Å². The van der Waals surface area contributed by atoms with Gasteiger partial charge in [-0.05, 0) is 0 Å². The Bertz CT molecular complexity index is 359. The molecule has 1 heterocycles. The van der Waals surface area contributed by atoms with E-state index in [0.29, 0.717) is 0 Å². The van der Waals surface area contributed by atoms with Crippen molar-refractivity contribution in [3.05, 3.63) is 0 Å². The van der Waals surface area contributed by atoms with E-state index in [9.17, 15) is 19.2 Å². The zero-order chi connectivity index (χ0) is 15.7. The summed E-state index contributed by atoms with van der Waals surface area (Å²) in [7, 11) is 1.27. The van der Waals surface area contributed by atoms with Crippen LogP contribution in [0.25, 0.3) is 0 Å². The molecule has 0 spiro atoms. The first-order valence-electron chi connectivity index (χ1n) is 5.74. The number of ether oxygens (including phenoxy) is 6. The predicted molar refractivity (Wildman–Crippen MR) is 60.5 cm³/mol. The third-order valence-electron chi connectivity index (χ3n) is 2.79. The normalized spacial score (nSPS) is 31.6. The third kappa shape index (κ3) is 4.13. The highest BCUT2D eigenvalue weighted by Crippen LogP contribution is 2.27. The molecule has 0 N–H and O–H groups in total. The second-order valence-electron chi connectivity index (χ2n) is 3.80. The number of carbonyl (C=O) groups excluding carboxylic acids is 4. The fraction of sp³-hybridized carbons (Fsp3) is 0.636. The Hall–Kier alpha value is -2.20. The van der Waals surface area contributed by atoms with Crippen molar-refractivity contribution in [1.82, 2.24) is 0 Å². The van der Waals surface area contributed by atoms with Gasteiger partial charge >= 0.3 is 0 Å². The molecule has 1 rings (SSSR count). The van der Waals surface area contributed by atoms with E-state index in [1.165, 1.54) is 7.11 Å². The molecule has 1 fully saturated rings. The lowest BCUT2D eigenvalue weighted by molar-refractivity contribution is -0.297. The van der Waals surface area contributed by atoms with Crippen LogP contribution < -0.4 is 0 Å². The molecule has 0 aromatic rings. The van der Waals surface area contributed by atoms with Gasteiger partial charge in [-0.2, -0.15) is 0 Å². The maximum absolute atomic E-state index is 10.6. The van der Waals surface area contributed by atoms with Crippen LogP contribution in [0.1, 0.15) is 0 Å². The summed E-state index contributed by atoms with van der Waals surface area (Å²) < 4.78 is 29.3. The predicted octanol–water partition coefficient (Wildman–Crippen LogP) is -1.84. The van der Waals surface area contributed by atoms with Crippen LogP contribution in [0, 0.1) is 0 Å². The van der Waals surface area contributed by atoms with Gasteiger partial charge in [0, 0.05) is 7.11 Å². The molecular weight excluding hydrogens is 292 g/mol. The van der Waals surface area contributed by atoms with Crippen molar-refractivity contribution in [3.8, 4) is 0 Å². The van der Waals surface area contributed by atoms with Gasteiger partial charge in [-0.1, -0.05) is 0 Å². The summed E-state index contributed by atoms with van der Waals surface area (Å²) in [5.41, 5.74) is 0. The molecule has 10 heteroatoms. The van der Waals surface area contributed by atoms with Crippen molar-refractivity contribution in [2.45, 2.75) is 30.7 Å². The lowest BCUT2D eigenvalue weighted by Gasteiger charge is -2.42. The van der Waals surface area contributed by atoms with Crippen LogP contribution in [0.4, 0.5) is 0 Å². The zero-order valence-corrected chi connectivity index (χ0v) is 11.0. The summed E-state index contributed by atoms with van der Waals surface area (Å²) >= 11 is 0. The van der Waals surface area contributed by atoms with Gasteiger partial charge in [0.1, 0.15) is 12.7 Å². The molecule has 118 valence electrons. The fourth-order valence-electron chi connectivity index (χ4n) is 1.99. The van der Waals surface area contributed by atoms with Crippen molar-refractivity contribution in [2.75, 3.05) is 13.7 Å². The molecule has 0 amide bonds. The van der Waals surface area contributed by atoms with Crippen LogP contribution in [0.2, 0.25) is 0 Å². The minimum Gasteiger partial charge on any atom is -0.465 e. The van der Waals surface area contributed by atoms with Gasteiger partial charge in [0.15, 0.2) is 24.6 Å². The SMILES string of the molecule is CO[C@H]1O[C@H](COC=O)[C@H](OC=O)[C@H](OC=O)[C@H]1OC=O. The Labute approximate surface area is 119 Å². The van der Waals surface area contributed by atoms with Crippen LogP contribution in [0.5, 0.6) is 0 Å². The second-order valence-corrected chi connectivity index (χ2v) is 3.80. The number of carbonyl (C=O) groups is 4. The molecule has 1 aliphatic heterocycles. The molecular formula is C11H14O10. The molecule has 10 nitrogen and oxygen atoms in total. The van der Waals surface area contributed by atoms with E-state index in [4.69, 9.17) is 23.7 Å². The first-order chi connectivity index (χ1) is 10.2. The number of rotatable bonds is 10. The van der Waals surface area contributed by atoms with Crippen molar-refractivity contribution < 1.29 is 47.6 Å². The van der Waals surface area contributed by atoms with E-state index in [1.54, 1.807) is 0 Å². The average molecular weight is 306 g/mol. The fourth-order valence-corrected chi connectivity index (χ4v) is 1.99. The molecule has 1 aliphatic rings. The maximum Gasteiger partial charge on any atom is 0.293 e. The first-order valence-corrected chi connectivity index (χ1v) is 5.74. The molecule has 1 saturated heterocycles. The first kappa shape index (κ1) is 16.9. The largest absolute Gasteiger partial charge is 0.465 e. The Morgan fingerprint density at radius 1 is 0.857 bits per heavy atom. The van der Waals surface area contributed by atoms with Gasteiger partial charge < -0.3 is 28.4 Å². The monoisotopic (exact) mass is 306 g/mol. The molecule has 0 aliphatic carbocycles. The standard InChI is InChI=1S/C11H14O10/c1-16-11-10(20-6-15)9(19-5-14)8(18-4-13)7(21-11)2-17-3-12/h3-11H,2H2,1H3/t7-,8+,9+,10-,11+/m1/s1. The minimum absolute atomic E-state index is 0.0999. The lowest BCUT2D eigenvalue weighted by Crippen LogP contribution is -2.61. The highest BCUT2D eigenvalue weighted by atomic mass is 16.7. The van der Waals surface area contributed by atoms with Gasteiger partial charge in [-0.25, -0.2) is 0 Å². The van der Waals surface area contributed by atoms with Crippen LogP contribution >= 0.6 is 0 Å². The van der Waals surface area contributed by atoms with Crippen LogP contribution in [0.15, 0.2) is 0 Å². The molecule has 0 aromatic carbocycles. The van der Waals surface area contributed by atoms with Gasteiger partial charge in [0.25, 0.3) is 25.9 Å². The lowest BCUT2D eigenvalue weighted by atomic mass is 9.98. The van der Waals surface area contributed by atoms with E-state index in [0.717, 1.165) is 0 Å². The van der Waals surface area contributed by atoms with Gasteiger partial charge in [0.05, 0.1) is 0 Å². The van der Waals surface area contributed by atoms with Gasteiger partial charge in [-0.3, -0.25) is 19.2 Å². The molecule has 0 saturated carbocycles. The van der Waals surface area contributed by atoms with E-state index < -0.39 is 30.7 Å².